The number of fused-ring (bicyclic) bond motifs is 4. The topological polar surface area (TPSA) is 116 Å². The number of carbonyl (C=O) groups is 4. The highest BCUT2D eigenvalue weighted by molar-refractivity contribution is 7.09. The van der Waals surface area contributed by atoms with Gasteiger partial charge in [-0.2, -0.15) is 5.01 Å². The van der Waals surface area contributed by atoms with Crippen molar-refractivity contribution in [3.05, 3.63) is 130 Å². The molecule has 3 aromatic carbocycles. The van der Waals surface area contributed by atoms with Crippen LogP contribution in [0.1, 0.15) is 40.3 Å². The maximum Gasteiger partial charge on any atom is 0.260 e. The molecule has 2 aliphatic carbocycles. The number of nitrogens with zero attached hydrogens (tertiary/aromatic N) is 2. The molecule has 1 saturated carbocycles. The highest BCUT2D eigenvalue weighted by atomic mass is 32.1. The fraction of sp³-hybridized carbons (Fsp3) is 0.300. The largest absolute Gasteiger partial charge is 0.491 e. The van der Waals surface area contributed by atoms with Crippen LogP contribution in [0.2, 0.25) is 0 Å². The Kier molecular flexibility index (Phi) is 8.16. The van der Waals surface area contributed by atoms with E-state index in [2.05, 4.69) is 11.5 Å². The minimum absolute atomic E-state index is 0.128. The predicted molar refractivity (Wildman–Crippen MR) is 188 cm³/mol. The fourth-order valence-corrected chi connectivity index (χ4v) is 9.51. The smallest absolute Gasteiger partial charge is 0.260 e. The number of thiophene rings is 1. The third kappa shape index (κ3) is 5.00. The molecule has 4 amide bonds. The van der Waals surface area contributed by atoms with Crippen molar-refractivity contribution in [2.75, 3.05) is 18.6 Å². The number of aliphatic hydroxyl groups is 1. The van der Waals surface area contributed by atoms with Crippen molar-refractivity contribution in [3.8, 4) is 5.75 Å². The SMILES string of the molecule is Cc1ccc(NN2C(=O)[C@@H]3C[C@@H]4C(=CC[C@@H]5C(=O)N(Cc6cccs6)C(=O)[C@@H]54)[C@H](c4ccc(OCCO)cc4)[C@]3(c3ccccc3)C2=O)cc1. The lowest BCUT2D eigenvalue weighted by molar-refractivity contribution is -0.141. The second-order valence-corrected chi connectivity index (χ2v) is 14.6. The Morgan fingerprint density at radius 1 is 0.880 bits per heavy atom. The van der Waals surface area contributed by atoms with E-state index in [1.165, 1.54) is 21.2 Å². The summed E-state index contributed by atoms with van der Waals surface area (Å²) in [5, 5.41) is 12.4. The number of nitrogens with one attached hydrogen (secondary N) is 1. The first-order valence-electron chi connectivity index (χ1n) is 17.0. The molecular formula is C40H37N3O6S. The second kappa shape index (κ2) is 12.7. The summed E-state index contributed by atoms with van der Waals surface area (Å²) in [6.45, 7) is 2.21. The molecule has 0 spiro atoms. The normalized spacial score (nSPS) is 27.2. The molecule has 3 fully saturated rings. The number of aryl methyl sites for hydroxylation is 1. The van der Waals surface area contributed by atoms with Gasteiger partial charge in [0.05, 0.1) is 42.0 Å². The van der Waals surface area contributed by atoms with Crippen molar-refractivity contribution < 1.29 is 29.0 Å². The van der Waals surface area contributed by atoms with E-state index in [4.69, 9.17) is 4.74 Å². The van der Waals surface area contributed by atoms with Crippen LogP contribution in [-0.2, 0) is 31.1 Å². The molecule has 2 N–H and O–H groups in total. The zero-order valence-electron chi connectivity index (χ0n) is 27.5. The molecule has 4 aromatic rings. The van der Waals surface area contributed by atoms with Crippen LogP contribution >= 0.6 is 11.3 Å². The lowest BCUT2D eigenvalue weighted by atomic mass is 9.49. The number of hydrogen-bond acceptors (Lipinski definition) is 8. The zero-order chi connectivity index (χ0) is 34.6. The summed E-state index contributed by atoms with van der Waals surface area (Å²) in [5.41, 5.74) is 5.90. The summed E-state index contributed by atoms with van der Waals surface area (Å²) in [4.78, 5) is 60.5. The number of carbonyl (C=O) groups excluding carboxylic acids is 4. The van der Waals surface area contributed by atoms with Gasteiger partial charge in [0.15, 0.2) is 0 Å². The molecule has 254 valence electrons. The molecule has 9 nitrogen and oxygen atoms in total. The highest BCUT2D eigenvalue weighted by Crippen LogP contribution is 2.64. The van der Waals surface area contributed by atoms with Crippen LogP contribution < -0.4 is 10.2 Å². The van der Waals surface area contributed by atoms with Crippen molar-refractivity contribution in [3.63, 3.8) is 0 Å². The molecule has 0 radical (unpaired) electrons. The van der Waals surface area contributed by atoms with E-state index in [9.17, 15) is 19.5 Å². The maximum atomic E-state index is 15.2. The van der Waals surface area contributed by atoms with Gasteiger partial charge in [-0.3, -0.25) is 29.5 Å². The molecule has 2 aliphatic heterocycles. The lowest BCUT2D eigenvalue weighted by Crippen LogP contribution is -2.53. The number of likely N-dealkylation sites (tertiary alicyclic amines) is 1. The minimum atomic E-state index is -1.33. The Morgan fingerprint density at radius 3 is 2.34 bits per heavy atom. The van der Waals surface area contributed by atoms with E-state index in [0.29, 0.717) is 17.9 Å². The Balaban J connectivity index is 1.28. The summed E-state index contributed by atoms with van der Waals surface area (Å²) in [6, 6.07) is 28.3. The number of hydrazine groups is 1. The standard InChI is InChI=1S/C40H37N3O6S/c1-24-9-13-27(14-10-24)41-43-37(46)33-22-32-30(17-18-31-34(32)38(47)42(36(31)45)23-29-8-5-21-50-29)35(25-11-15-28(16-12-25)49-20-19-44)40(33,39(43)48)26-6-3-2-4-7-26/h2-17,21,31-35,41,44H,18-20,22-23H2,1H3/t31-,32+,33-,34-,35-,40+/m0/s1. The van der Waals surface area contributed by atoms with E-state index in [1.54, 1.807) is 0 Å². The number of aliphatic hydroxyl groups excluding tert-OH is 1. The predicted octanol–water partition coefficient (Wildman–Crippen LogP) is 5.61. The first-order chi connectivity index (χ1) is 24.3. The zero-order valence-corrected chi connectivity index (χ0v) is 28.3. The Labute approximate surface area is 294 Å². The first-order valence-corrected chi connectivity index (χ1v) is 17.9. The van der Waals surface area contributed by atoms with Gasteiger partial charge in [-0.1, -0.05) is 77.9 Å². The summed E-state index contributed by atoms with van der Waals surface area (Å²) >= 11 is 1.51. The van der Waals surface area contributed by atoms with Crippen LogP contribution in [0.3, 0.4) is 0 Å². The average molecular weight is 688 g/mol. The highest BCUT2D eigenvalue weighted by Gasteiger charge is 2.70. The lowest BCUT2D eigenvalue weighted by Gasteiger charge is -2.50. The van der Waals surface area contributed by atoms with Crippen molar-refractivity contribution in [2.45, 2.75) is 37.6 Å². The third-order valence-corrected chi connectivity index (χ3v) is 11.8. The molecule has 3 heterocycles. The molecule has 1 aromatic heterocycles. The fourth-order valence-electron chi connectivity index (χ4n) is 8.82. The van der Waals surface area contributed by atoms with Gasteiger partial charge in [0.2, 0.25) is 11.8 Å². The van der Waals surface area contributed by atoms with Gasteiger partial charge in [0.25, 0.3) is 11.8 Å². The second-order valence-electron chi connectivity index (χ2n) is 13.6. The van der Waals surface area contributed by atoms with Crippen LogP contribution in [0, 0.1) is 30.6 Å². The van der Waals surface area contributed by atoms with Crippen LogP contribution in [0.25, 0.3) is 0 Å². The minimum Gasteiger partial charge on any atom is -0.491 e. The van der Waals surface area contributed by atoms with Gasteiger partial charge in [-0.25, -0.2) is 0 Å². The summed E-state index contributed by atoms with van der Waals surface area (Å²) in [7, 11) is 0. The van der Waals surface area contributed by atoms with Crippen LogP contribution in [0.15, 0.2) is 108 Å². The Hall–Kier alpha value is -5.06. The Morgan fingerprint density at radius 2 is 1.64 bits per heavy atom. The quantitative estimate of drug-likeness (QED) is 0.174. The van der Waals surface area contributed by atoms with E-state index >= 15 is 4.79 Å². The van der Waals surface area contributed by atoms with Crippen molar-refractivity contribution in [1.29, 1.82) is 0 Å². The summed E-state index contributed by atoms with van der Waals surface area (Å²) in [6.07, 6.45) is 2.69. The van der Waals surface area contributed by atoms with Crippen LogP contribution in [0.5, 0.6) is 5.75 Å². The number of imide groups is 2. The first kappa shape index (κ1) is 32.2. The van der Waals surface area contributed by atoms with Gasteiger partial charge in [0.1, 0.15) is 12.4 Å². The number of ether oxygens (including phenoxy) is 1. The molecule has 8 rings (SSSR count). The van der Waals surface area contributed by atoms with Gasteiger partial charge < -0.3 is 9.84 Å². The van der Waals surface area contributed by atoms with Gasteiger partial charge in [0, 0.05) is 10.8 Å². The third-order valence-electron chi connectivity index (χ3n) is 11.0. The molecule has 4 aliphatic rings. The molecule has 0 unspecified atom stereocenters. The van der Waals surface area contributed by atoms with Gasteiger partial charge >= 0.3 is 0 Å². The molecule has 50 heavy (non-hydrogen) atoms. The average Bonchev–Trinajstić information content (AvgIpc) is 3.80. The molecular weight excluding hydrogens is 651 g/mol. The molecule has 0 bridgehead atoms. The maximum absolute atomic E-state index is 15.2. The summed E-state index contributed by atoms with van der Waals surface area (Å²) < 4.78 is 5.68. The van der Waals surface area contributed by atoms with E-state index in [1.807, 2.05) is 103 Å². The van der Waals surface area contributed by atoms with Crippen molar-refractivity contribution in [1.82, 2.24) is 9.91 Å². The summed E-state index contributed by atoms with van der Waals surface area (Å²) in [5.74, 6) is -3.56. The number of benzene rings is 3. The number of anilines is 1. The number of hydrogen-bond donors (Lipinski definition) is 2. The van der Waals surface area contributed by atoms with E-state index in [0.717, 1.165) is 27.1 Å². The van der Waals surface area contributed by atoms with Crippen molar-refractivity contribution >= 4 is 40.7 Å². The number of allylic oxidation sites excluding steroid dienone is 2. The van der Waals surface area contributed by atoms with Gasteiger partial charge in [-0.05, 0) is 72.5 Å². The molecule has 10 heteroatoms. The molecule has 6 atom stereocenters. The van der Waals surface area contributed by atoms with Crippen molar-refractivity contribution in [2.24, 2.45) is 23.7 Å². The van der Waals surface area contributed by atoms with E-state index in [-0.39, 0.29) is 49.8 Å². The monoisotopic (exact) mass is 687 g/mol. The Bertz CT molecular complexity index is 1980. The van der Waals surface area contributed by atoms with Crippen LogP contribution in [-0.4, -0.2) is 51.9 Å². The number of amides is 4. The molecule has 2 saturated heterocycles. The van der Waals surface area contributed by atoms with Gasteiger partial charge in [-0.15, -0.1) is 11.3 Å². The number of rotatable bonds is 9. The van der Waals surface area contributed by atoms with E-state index < -0.39 is 35.0 Å². The van der Waals surface area contributed by atoms with Crippen LogP contribution in [0.4, 0.5) is 5.69 Å².